The van der Waals surface area contributed by atoms with Crippen LogP contribution in [0.3, 0.4) is 0 Å². The van der Waals surface area contributed by atoms with Crippen LogP contribution in [0.5, 0.6) is 0 Å². The maximum Gasteiger partial charge on any atom is 1.00 e. The molecule has 0 radical (unpaired) electrons. The number of Topliss-reactive ketones (excluding diaryl/α,β-unsaturated/α-hetero) is 2. The average Bonchev–Trinajstić information content (AvgIpc) is 2.60. The first-order valence-corrected chi connectivity index (χ1v) is 7.83. The Labute approximate surface area is 207 Å². The van der Waals surface area contributed by atoms with Gasteiger partial charge in [0.05, 0.1) is 0 Å². The molecule has 3 aromatic rings. The van der Waals surface area contributed by atoms with Crippen LogP contribution < -0.4 is 69.3 Å². The molecule has 0 aliphatic heterocycles. The number of hydrogen-bond acceptors (Lipinski definition) is 5. The van der Waals surface area contributed by atoms with E-state index in [0.29, 0.717) is 5.56 Å². The maximum absolute atomic E-state index is 11.8. The van der Waals surface area contributed by atoms with Gasteiger partial charge in [-0.1, -0.05) is 60.7 Å². The van der Waals surface area contributed by atoms with Gasteiger partial charge in [0.15, 0.2) is 11.6 Å². The number of carbonyl (C=O) groups is 3. The van der Waals surface area contributed by atoms with E-state index < -0.39 is 6.16 Å². The molecule has 28 heavy (non-hydrogen) atoms. The molecule has 0 heterocycles. The summed E-state index contributed by atoms with van der Waals surface area (Å²) in [5.74, 6) is 0.123. The van der Waals surface area contributed by atoms with Gasteiger partial charge in [-0.05, 0) is 41.9 Å². The second-order valence-corrected chi connectivity index (χ2v) is 5.65. The van der Waals surface area contributed by atoms with Crippen LogP contribution in [0, 0.1) is 0 Å². The van der Waals surface area contributed by atoms with Crippen molar-refractivity contribution in [2.45, 2.75) is 13.8 Å². The number of carbonyl (C=O) groups excluding carboxylic acids is 3. The van der Waals surface area contributed by atoms with Crippen LogP contribution >= 0.6 is 0 Å². The third-order valence-corrected chi connectivity index (χ3v) is 3.90. The smallest absolute Gasteiger partial charge is 0.652 e. The zero-order valence-electron chi connectivity index (χ0n) is 16.3. The van der Waals surface area contributed by atoms with E-state index in [1.54, 1.807) is 13.8 Å². The molecule has 0 amide bonds. The van der Waals surface area contributed by atoms with Crippen molar-refractivity contribution in [3.8, 4) is 11.1 Å². The molecule has 0 spiro atoms. The van der Waals surface area contributed by atoms with Gasteiger partial charge in [-0.25, -0.2) is 0 Å². The Morgan fingerprint density at radius 2 is 1.18 bits per heavy atom. The van der Waals surface area contributed by atoms with Crippen molar-refractivity contribution in [2.75, 3.05) is 0 Å². The van der Waals surface area contributed by atoms with Crippen LogP contribution in [0.2, 0.25) is 0 Å². The van der Waals surface area contributed by atoms with Crippen molar-refractivity contribution in [2.24, 2.45) is 0 Å². The van der Waals surface area contributed by atoms with Crippen LogP contribution in [0.1, 0.15) is 34.6 Å². The molecule has 3 rings (SSSR count). The first-order chi connectivity index (χ1) is 12.3. The topological polar surface area (TPSA) is 97.3 Å². The molecule has 0 saturated heterocycles. The summed E-state index contributed by atoms with van der Waals surface area (Å²) in [5, 5.41) is 18.7. The third kappa shape index (κ3) is 6.85. The summed E-state index contributed by atoms with van der Waals surface area (Å²) in [6, 6.07) is 19.3. The largest absolute Gasteiger partial charge is 1.00 e. The van der Waals surface area contributed by atoms with E-state index in [-0.39, 0.29) is 70.7 Å². The quantitative estimate of drug-likeness (QED) is 0.339. The van der Waals surface area contributed by atoms with Crippen molar-refractivity contribution < 1.29 is 83.7 Å². The zero-order chi connectivity index (χ0) is 19.3. The Hall–Kier alpha value is -1.47. The minimum absolute atomic E-state index is 0. The van der Waals surface area contributed by atoms with Crippen LogP contribution in [0.25, 0.3) is 21.9 Å². The minimum Gasteiger partial charge on any atom is -0.652 e. The van der Waals surface area contributed by atoms with Gasteiger partial charge >= 0.3 is 59.1 Å². The summed E-state index contributed by atoms with van der Waals surface area (Å²) in [7, 11) is 0. The van der Waals surface area contributed by atoms with Crippen LogP contribution in [-0.2, 0) is 0 Å². The van der Waals surface area contributed by atoms with Crippen LogP contribution in [0.15, 0.2) is 60.7 Å². The summed E-state index contributed by atoms with van der Waals surface area (Å²) in [6.07, 6.45) is -2.33. The Kier molecular flexibility index (Phi) is 11.5. The second kappa shape index (κ2) is 12.2. The summed E-state index contributed by atoms with van der Waals surface area (Å²) in [4.78, 5) is 31.5. The molecular weight excluding hydrogens is 378 g/mol. The second-order valence-electron chi connectivity index (χ2n) is 5.65. The molecule has 0 aliphatic carbocycles. The molecule has 0 N–H and O–H groups in total. The summed E-state index contributed by atoms with van der Waals surface area (Å²) < 4.78 is 0. The fourth-order valence-corrected chi connectivity index (χ4v) is 2.75. The van der Waals surface area contributed by atoms with Gasteiger partial charge in [0.1, 0.15) is 0 Å². The van der Waals surface area contributed by atoms with Gasteiger partial charge in [-0.15, -0.1) is 0 Å². The van der Waals surface area contributed by atoms with Crippen LogP contribution in [-0.4, -0.2) is 17.7 Å². The monoisotopic (exact) mass is 394 g/mol. The maximum atomic E-state index is 11.8. The van der Waals surface area contributed by atoms with Gasteiger partial charge in [0.25, 0.3) is 0 Å². The van der Waals surface area contributed by atoms with E-state index in [1.807, 2.05) is 60.7 Å². The molecule has 0 aliphatic rings. The third-order valence-electron chi connectivity index (χ3n) is 3.90. The minimum atomic E-state index is -2.33. The van der Waals surface area contributed by atoms with E-state index in [0.717, 1.165) is 27.5 Å². The molecule has 0 saturated carbocycles. The van der Waals surface area contributed by atoms with Crippen molar-refractivity contribution in [3.05, 3.63) is 71.8 Å². The zero-order valence-corrected chi connectivity index (χ0v) is 20.3. The molecule has 5 nitrogen and oxygen atoms in total. The number of rotatable bonds is 3. The molecule has 0 bridgehead atoms. The first-order valence-electron chi connectivity index (χ1n) is 7.83. The summed E-state index contributed by atoms with van der Waals surface area (Å²) in [6.45, 7) is 3.15. The van der Waals surface area contributed by atoms with E-state index in [1.165, 1.54) is 0 Å². The van der Waals surface area contributed by atoms with Gasteiger partial charge in [-0.2, -0.15) is 0 Å². The van der Waals surface area contributed by atoms with Crippen molar-refractivity contribution >= 4 is 28.5 Å². The average molecular weight is 394 g/mol. The Morgan fingerprint density at radius 1 is 0.679 bits per heavy atom. The molecule has 0 fully saturated rings. The Morgan fingerprint density at radius 3 is 1.68 bits per heavy atom. The number of carboxylic acid groups (broad SMARTS) is 2. The number of benzene rings is 3. The SMILES string of the molecule is CC(=O)c1ccc(-c2cccc3c(C(C)=O)cccc23)cc1.O=C([O-])[O-].[Na+].[Na+]. The number of fused-ring (bicyclic) bond motifs is 1. The normalized spacial score (nSPS) is 9.21. The Bertz CT molecular complexity index is 978. The molecular formula is C21H16Na2O5. The van der Waals surface area contributed by atoms with Gasteiger partial charge in [-0.3, -0.25) is 9.59 Å². The molecule has 0 unspecified atom stereocenters. The molecule has 132 valence electrons. The van der Waals surface area contributed by atoms with Crippen molar-refractivity contribution in [1.29, 1.82) is 0 Å². The molecule has 7 heteroatoms. The number of ketones is 2. The standard InChI is InChI=1S/C20H16O2.CH2O3.2Na/c1-13(21)15-9-11-16(12-10-15)18-6-4-7-19-17(14(2)22)5-3-8-20(18)19;2-1(3)4;;/h3-12H,1-2H3;(H2,2,3,4);;/q;;2*+1/p-2. The molecule has 3 aromatic carbocycles. The Balaban J connectivity index is 0.00000111. The predicted molar refractivity (Wildman–Crippen MR) is 94.8 cm³/mol. The van der Waals surface area contributed by atoms with Gasteiger partial charge in [0.2, 0.25) is 0 Å². The fourth-order valence-electron chi connectivity index (χ4n) is 2.75. The molecule has 0 atom stereocenters. The summed E-state index contributed by atoms with van der Waals surface area (Å²) >= 11 is 0. The van der Waals surface area contributed by atoms with E-state index in [4.69, 9.17) is 15.0 Å². The van der Waals surface area contributed by atoms with E-state index in [9.17, 15) is 9.59 Å². The predicted octanol–water partition coefficient (Wildman–Crippen LogP) is -3.53. The van der Waals surface area contributed by atoms with E-state index >= 15 is 0 Å². The molecule has 0 aromatic heterocycles. The summed E-state index contributed by atoms with van der Waals surface area (Å²) in [5.41, 5.74) is 3.54. The van der Waals surface area contributed by atoms with Gasteiger partial charge < -0.3 is 15.0 Å². The van der Waals surface area contributed by atoms with Crippen LogP contribution in [0.4, 0.5) is 4.79 Å². The fraction of sp³-hybridized carbons (Fsp3) is 0.0952. The first kappa shape index (κ1) is 26.5. The van der Waals surface area contributed by atoms with Crippen molar-refractivity contribution in [3.63, 3.8) is 0 Å². The van der Waals surface area contributed by atoms with Crippen molar-refractivity contribution in [1.82, 2.24) is 0 Å². The van der Waals surface area contributed by atoms with Gasteiger partial charge in [0, 0.05) is 11.1 Å². The van der Waals surface area contributed by atoms with E-state index in [2.05, 4.69) is 0 Å². The number of hydrogen-bond donors (Lipinski definition) is 0.